The van der Waals surface area contributed by atoms with Crippen LogP contribution in [0.4, 0.5) is 5.69 Å². The summed E-state index contributed by atoms with van der Waals surface area (Å²) in [6, 6.07) is 4.90. The van der Waals surface area contributed by atoms with Crippen molar-refractivity contribution in [2.24, 2.45) is 0 Å². The second-order valence-corrected chi connectivity index (χ2v) is 7.44. The van der Waals surface area contributed by atoms with Crippen molar-refractivity contribution in [2.45, 2.75) is 24.7 Å². The Morgan fingerprint density at radius 2 is 1.95 bits per heavy atom. The van der Waals surface area contributed by atoms with Gasteiger partial charge in [-0.3, -0.25) is 0 Å². The molecule has 1 aromatic carbocycles. The number of rotatable bonds is 5. The molecule has 0 atom stereocenters. The quantitative estimate of drug-likeness (QED) is 0.832. The molecule has 1 aliphatic rings. The van der Waals surface area contributed by atoms with Crippen LogP contribution in [-0.4, -0.2) is 50.8 Å². The van der Waals surface area contributed by atoms with Gasteiger partial charge in [0, 0.05) is 25.8 Å². The highest BCUT2D eigenvalue weighted by molar-refractivity contribution is 7.89. The molecule has 0 radical (unpaired) electrons. The second-order valence-electron chi connectivity index (χ2n) is 5.39. The molecule has 2 rings (SSSR count). The van der Waals surface area contributed by atoms with E-state index in [0.29, 0.717) is 12.2 Å². The summed E-state index contributed by atoms with van der Waals surface area (Å²) in [5.74, 6) is 0. The van der Waals surface area contributed by atoms with E-state index in [4.69, 9.17) is 5.73 Å². The van der Waals surface area contributed by atoms with Gasteiger partial charge >= 0.3 is 0 Å². The summed E-state index contributed by atoms with van der Waals surface area (Å²) in [5.41, 5.74) is 7.21. The first-order valence-electron chi connectivity index (χ1n) is 6.96. The summed E-state index contributed by atoms with van der Waals surface area (Å²) in [7, 11) is -1.82. The zero-order valence-electron chi connectivity index (χ0n) is 12.2. The molecule has 1 aromatic rings. The van der Waals surface area contributed by atoms with Crippen molar-refractivity contribution in [2.75, 3.05) is 39.0 Å². The predicted molar refractivity (Wildman–Crippen MR) is 81.1 cm³/mol. The first kappa shape index (κ1) is 15.3. The van der Waals surface area contributed by atoms with Crippen molar-refractivity contribution in [3.05, 3.63) is 23.8 Å². The van der Waals surface area contributed by atoms with Gasteiger partial charge < -0.3 is 10.6 Å². The Kier molecular flexibility index (Phi) is 4.67. The summed E-state index contributed by atoms with van der Waals surface area (Å²) in [6.45, 7) is 5.31. The van der Waals surface area contributed by atoms with Gasteiger partial charge in [-0.05, 0) is 50.6 Å². The average molecular weight is 297 g/mol. The number of benzene rings is 1. The van der Waals surface area contributed by atoms with E-state index in [2.05, 4.69) is 4.90 Å². The van der Waals surface area contributed by atoms with Crippen LogP contribution in [0.15, 0.2) is 23.1 Å². The van der Waals surface area contributed by atoms with Gasteiger partial charge in [0.1, 0.15) is 0 Å². The minimum absolute atomic E-state index is 0.268. The van der Waals surface area contributed by atoms with Crippen LogP contribution in [0.2, 0.25) is 0 Å². The van der Waals surface area contributed by atoms with E-state index >= 15 is 0 Å². The topological polar surface area (TPSA) is 66.6 Å². The molecule has 0 bridgehead atoms. The van der Waals surface area contributed by atoms with E-state index in [1.165, 1.54) is 23.2 Å². The maximum absolute atomic E-state index is 12.5. The monoisotopic (exact) mass is 297 g/mol. The van der Waals surface area contributed by atoms with Gasteiger partial charge in [0.15, 0.2) is 0 Å². The number of anilines is 1. The van der Waals surface area contributed by atoms with Crippen molar-refractivity contribution < 1.29 is 8.42 Å². The lowest BCUT2D eigenvalue weighted by atomic mass is 10.2. The minimum Gasteiger partial charge on any atom is -0.398 e. The molecule has 1 fully saturated rings. The number of likely N-dealkylation sites (N-methyl/N-ethyl adjacent to an activating group) is 1. The standard InChI is InChI=1S/C14H23N3O2S/c1-12-5-6-13(11-14(12)15)20(18,19)16(2)9-10-17-7-3-4-8-17/h5-6,11H,3-4,7-10,15H2,1-2H3. The van der Waals surface area contributed by atoms with Gasteiger partial charge in [-0.1, -0.05) is 6.07 Å². The van der Waals surface area contributed by atoms with Crippen LogP contribution in [0.5, 0.6) is 0 Å². The summed E-state index contributed by atoms with van der Waals surface area (Å²) in [5, 5.41) is 0. The summed E-state index contributed by atoms with van der Waals surface area (Å²) in [6.07, 6.45) is 2.43. The predicted octanol–water partition coefficient (Wildman–Crippen LogP) is 1.29. The summed E-state index contributed by atoms with van der Waals surface area (Å²) in [4.78, 5) is 2.57. The van der Waals surface area contributed by atoms with E-state index in [1.807, 2.05) is 6.92 Å². The molecule has 6 heteroatoms. The Hall–Kier alpha value is -1.11. The molecule has 2 N–H and O–H groups in total. The molecule has 1 saturated heterocycles. The average Bonchev–Trinajstić information content (AvgIpc) is 2.92. The molecule has 20 heavy (non-hydrogen) atoms. The molecule has 0 aliphatic carbocycles. The van der Waals surface area contributed by atoms with Crippen molar-refractivity contribution in [3.8, 4) is 0 Å². The van der Waals surface area contributed by atoms with Gasteiger partial charge in [-0.25, -0.2) is 8.42 Å². The van der Waals surface area contributed by atoms with Crippen LogP contribution in [0.1, 0.15) is 18.4 Å². The number of hydrogen-bond acceptors (Lipinski definition) is 4. The lowest BCUT2D eigenvalue weighted by molar-refractivity contribution is 0.310. The van der Waals surface area contributed by atoms with E-state index in [-0.39, 0.29) is 4.90 Å². The van der Waals surface area contributed by atoms with E-state index in [0.717, 1.165) is 25.2 Å². The Morgan fingerprint density at radius 1 is 1.30 bits per heavy atom. The maximum Gasteiger partial charge on any atom is 0.242 e. The van der Waals surface area contributed by atoms with E-state index < -0.39 is 10.0 Å². The third-order valence-corrected chi connectivity index (χ3v) is 5.74. The molecule has 0 unspecified atom stereocenters. The van der Waals surface area contributed by atoms with Crippen molar-refractivity contribution in [3.63, 3.8) is 0 Å². The number of nitrogens with two attached hydrogens (primary N) is 1. The van der Waals surface area contributed by atoms with Crippen LogP contribution in [-0.2, 0) is 10.0 Å². The molecule has 1 aliphatic heterocycles. The minimum atomic E-state index is -3.44. The second kappa shape index (κ2) is 6.11. The zero-order chi connectivity index (χ0) is 14.8. The molecule has 5 nitrogen and oxygen atoms in total. The lowest BCUT2D eigenvalue weighted by Gasteiger charge is -2.21. The van der Waals surface area contributed by atoms with Crippen LogP contribution in [0, 0.1) is 6.92 Å². The molecule has 0 amide bonds. The normalized spacial score (nSPS) is 16.9. The van der Waals surface area contributed by atoms with Crippen LogP contribution < -0.4 is 5.73 Å². The van der Waals surface area contributed by atoms with Crippen molar-refractivity contribution >= 4 is 15.7 Å². The number of aryl methyl sites for hydroxylation is 1. The van der Waals surface area contributed by atoms with Gasteiger partial charge in [-0.15, -0.1) is 0 Å². The highest BCUT2D eigenvalue weighted by Crippen LogP contribution is 2.20. The van der Waals surface area contributed by atoms with E-state index in [1.54, 1.807) is 19.2 Å². The fourth-order valence-corrected chi connectivity index (χ4v) is 3.57. The van der Waals surface area contributed by atoms with Gasteiger partial charge in [0.25, 0.3) is 0 Å². The number of nitrogens with zero attached hydrogens (tertiary/aromatic N) is 2. The fraction of sp³-hybridized carbons (Fsp3) is 0.571. The molecule has 0 aromatic heterocycles. The fourth-order valence-electron chi connectivity index (χ4n) is 2.37. The molecular weight excluding hydrogens is 274 g/mol. The molecular formula is C14H23N3O2S. The zero-order valence-corrected chi connectivity index (χ0v) is 13.0. The number of likely N-dealkylation sites (tertiary alicyclic amines) is 1. The summed E-state index contributed by atoms with van der Waals surface area (Å²) >= 11 is 0. The first-order valence-corrected chi connectivity index (χ1v) is 8.40. The molecule has 1 heterocycles. The van der Waals surface area contributed by atoms with E-state index in [9.17, 15) is 8.42 Å². The largest absolute Gasteiger partial charge is 0.398 e. The maximum atomic E-state index is 12.5. The first-order chi connectivity index (χ1) is 9.41. The van der Waals surface area contributed by atoms with Gasteiger partial charge in [-0.2, -0.15) is 4.31 Å². The molecule has 112 valence electrons. The van der Waals surface area contributed by atoms with Crippen LogP contribution in [0.3, 0.4) is 0 Å². The highest BCUT2D eigenvalue weighted by Gasteiger charge is 2.22. The molecule has 0 spiro atoms. The smallest absolute Gasteiger partial charge is 0.242 e. The third-order valence-electron chi connectivity index (χ3n) is 3.89. The van der Waals surface area contributed by atoms with Gasteiger partial charge in [0.05, 0.1) is 4.90 Å². The lowest BCUT2D eigenvalue weighted by Crippen LogP contribution is -2.35. The number of nitrogen functional groups attached to an aromatic ring is 1. The highest BCUT2D eigenvalue weighted by atomic mass is 32.2. The van der Waals surface area contributed by atoms with Crippen LogP contribution >= 0.6 is 0 Å². The summed E-state index contributed by atoms with van der Waals surface area (Å²) < 4.78 is 26.3. The Balaban J connectivity index is 2.06. The Labute approximate surface area is 121 Å². The molecule has 0 saturated carbocycles. The number of hydrogen-bond donors (Lipinski definition) is 1. The van der Waals surface area contributed by atoms with Crippen molar-refractivity contribution in [1.82, 2.24) is 9.21 Å². The van der Waals surface area contributed by atoms with Gasteiger partial charge in [0.2, 0.25) is 10.0 Å². The van der Waals surface area contributed by atoms with Crippen molar-refractivity contribution in [1.29, 1.82) is 0 Å². The number of sulfonamides is 1. The third kappa shape index (κ3) is 3.31. The Bertz CT molecular complexity index is 566. The SMILES string of the molecule is Cc1ccc(S(=O)(=O)N(C)CCN2CCCC2)cc1N. The Morgan fingerprint density at radius 3 is 2.55 bits per heavy atom. The van der Waals surface area contributed by atoms with Crippen LogP contribution in [0.25, 0.3) is 0 Å².